The first-order valence-electron chi connectivity index (χ1n) is 13.2. The standard InChI is InChI=1S/C31H33FN4O4/c1-21-9-14-27(19-28(21)32)36(29(39)25-10-12-26(13-11-25)34-22(2)37)31(15-17-35(18-16-31)23(3)38)30(40)33-20-24-7-5-4-6-8-24/h4-14,19H,15-18,20H2,1-3H3,(H,33,40)(H,34,37). The molecule has 2 N–H and O–H groups in total. The summed E-state index contributed by atoms with van der Waals surface area (Å²) < 4.78 is 14.9. The lowest BCUT2D eigenvalue weighted by atomic mass is 9.83. The number of nitrogens with zero attached hydrogens (tertiary/aromatic N) is 2. The highest BCUT2D eigenvalue weighted by Gasteiger charge is 2.49. The Morgan fingerprint density at radius 1 is 0.925 bits per heavy atom. The predicted molar refractivity (Wildman–Crippen MR) is 151 cm³/mol. The summed E-state index contributed by atoms with van der Waals surface area (Å²) in [7, 11) is 0. The number of piperidine rings is 1. The smallest absolute Gasteiger partial charge is 0.259 e. The third kappa shape index (κ3) is 6.20. The Hall–Kier alpha value is -4.53. The number of amides is 4. The van der Waals surface area contributed by atoms with E-state index in [0.29, 0.717) is 11.3 Å². The summed E-state index contributed by atoms with van der Waals surface area (Å²) in [4.78, 5) is 54.9. The van der Waals surface area contributed by atoms with Crippen LogP contribution in [0.1, 0.15) is 48.2 Å². The molecule has 0 bridgehead atoms. The first kappa shape index (κ1) is 28.5. The first-order valence-corrected chi connectivity index (χ1v) is 13.2. The average molecular weight is 545 g/mol. The van der Waals surface area contributed by atoms with Gasteiger partial charge in [0.2, 0.25) is 17.7 Å². The normalized spacial score (nSPS) is 14.2. The van der Waals surface area contributed by atoms with E-state index in [1.807, 2.05) is 30.3 Å². The number of hydrogen-bond acceptors (Lipinski definition) is 4. The van der Waals surface area contributed by atoms with E-state index in [4.69, 9.17) is 0 Å². The maximum atomic E-state index is 14.9. The number of likely N-dealkylation sites (tertiary alicyclic amines) is 1. The van der Waals surface area contributed by atoms with Crippen molar-refractivity contribution in [2.45, 2.75) is 45.7 Å². The zero-order valence-corrected chi connectivity index (χ0v) is 22.9. The van der Waals surface area contributed by atoms with E-state index in [-0.39, 0.29) is 61.4 Å². The van der Waals surface area contributed by atoms with Crippen molar-refractivity contribution < 1.29 is 23.6 Å². The second-order valence-corrected chi connectivity index (χ2v) is 10.0. The minimum atomic E-state index is -1.39. The molecule has 0 aromatic heterocycles. The summed E-state index contributed by atoms with van der Waals surface area (Å²) in [5.41, 5.74) is 0.923. The molecule has 1 heterocycles. The molecule has 9 heteroatoms. The van der Waals surface area contributed by atoms with Crippen LogP contribution in [0.15, 0.2) is 72.8 Å². The molecule has 3 aromatic carbocycles. The zero-order chi connectivity index (χ0) is 28.9. The van der Waals surface area contributed by atoms with Crippen LogP contribution in [0.3, 0.4) is 0 Å². The summed E-state index contributed by atoms with van der Waals surface area (Å²) in [6.45, 7) is 5.24. The van der Waals surface area contributed by atoms with Crippen molar-refractivity contribution >= 4 is 35.0 Å². The molecule has 0 unspecified atom stereocenters. The van der Waals surface area contributed by atoms with Gasteiger partial charge in [0, 0.05) is 50.4 Å². The van der Waals surface area contributed by atoms with Gasteiger partial charge in [-0.2, -0.15) is 0 Å². The molecule has 0 saturated carbocycles. The molecular formula is C31H33FN4O4. The fourth-order valence-corrected chi connectivity index (χ4v) is 4.99. The van der Waals surface area contributed by atoms with Crippen molar-refractivity contribution in [2.24, 2.45) is 0 Å². The van der Waals surface area contributed by atoms with Crippen LogP contribution in [0.5, 0.6) is 0 Å². The fraction of sp³-hybridized carbons (Fsp3) is 0.290. The number of rotatable bonds is 7. The molecule has 0 spiro atoms. The maximum absolute atomic E-state index is 14.9. The molecule has 0 atom stereocenters. The lowest BCUT2D eigenvalue weighted by molar-refractivity contribution is -0.135. The summed E-state index contributed by atoms with van der Waals surface area (Å²) >= 11 is 0. The number of aryl methyl sites for hydroxylation is 1. The maximum Gasteiger partial charge on any atom is 0.259 e. The van der Waals surface area contributed by atoms with E-state index >= 15 is 0 Å². The van der Waals surface area contributed by atoms with Crippen molar-refractivity contribution in [3.8, 4) is 0 Å². The molecule has 1 aliphatic heterocycles. The number of halogens is 1. The van der Waals surface area contributed by atoms with Gasteiger partial charge in [-0.15, -0.1) is 0 Å². The van der Waals surface area contributed by atoms with E-state index in [1.165, 1.54) is 24.8 Å². The molecular weight excluding hydrogens is 511 g/mol. The van der Waals surface area contributed by atoms with Gasteiger partial charge in [0.25, 0.3) is 5.91 Å². The van der Waals surface area contributed by atoms with E-state index < -0.39 is 17.3 Å². The Labute approximate surface area is 233 Å². The number of hydrogen-bond donors (Lipinski definition) is 2. The highest BCUT2D eigenvalue weighted by Crippen LogP contribution is 2.36. The van der Waals surface area contributed by atoms with Crippen LogP contribution < -0.4 is 15.5 Å². The van der Waals surface area contributed by atoms with E-state index in [9.17, 15) is 23.6 Å². The third-order valence-electron chi connectivity index (χ3n) is 7.25. The summed E-state index contributed by atoms with van der Waals surface area (Å²) in [5, 5.41) is 5.66. The van der Waals surface area contributed by atoms with Gasteiger partial charge in [0.05, 0.1) is 0 Å². The Morgan fingerprint density at radius 2 is 1.57 bits per heavy atom. The molecule has 1 fully saturated rings. The van der Waals surface area contributed by atoms with Gasteiger partial charge in [-0.3, -0.25) is 24.1 Å². The summed E-state index contributed by atoms with van der Waals surface area (Å²) in [6, 6.07) is 20.2. The second kappa shape index (κ2) is 12.1. The molecule has 8 nitrogen and oxygen atoms in total. The van der Waals surface area contributed by atoms with Crippen molar-refractivity contribution in [1.29, 1.82) is 0 Å². The number of anilines is 2. The van der Waals surface area contributed by atoms with Crippen molar-refractivity contribution in [3.05, 3.63) is 95.3 Å². The highest BCUT2D eigenvalue weighted by atomic mass is 19.1. The number of carbonyl (C=O) groups excluding carboxylic acids is 4. The molecule has 4 rings (SSSR count). The van der Waals surface area contributed by atoms with Crippen LogP contribution in [-0.4, -0.2) is 47.2 Å². The van der Waals surface area contributed by atoms with Crippen molar-refractivity contribution in [3.63, 3.8) is 0 Å². The molecule has 3 aromatic rings. The van der Waals surface area contributed by atoms with Gasteiger partial charge in [0.1, 0.15) is 11.4 Å². The second-order valence-electron chi connectivity index (χ2n) is 10.0. The van der Waals surface area contributed by atoms with E-state index in [2.05, 4.69) is 10.6 Å². The molecule has 208 valence electrons. The Balaban J connectivity index is 1.78. The van der Waals surface area contributed by atoms with E-state index in [1.54, 1.807) is 48.2 Å². The molecule has 0 aliphatic carbocycles. The highest BCUT2D eigenvalue weighted by molar-refractivity contribution is 6.12. The Bertz CT molecular complexity index is 1400. The van der Waals surface area contributed by atoms with E-state index in [0.717, 1.165) is 5.56 Å². The van der Waals surface area contributed by atoms with Crippen LogP contribution in [0.2, 0.25) is 0 Å². The number of nitrogens with one attached hydrogen (secondary N) is 2. The lowest BCUT2D eigenvalue weighted by Gasteiger charge is -2.47. The van der Waals surface area contributed by atoms with Gasteiger partial charge in [-0.25, -0.2) is 4.39 Å². The van der Waals surface area contributed by atoms with Gasteiger partial charge in [-0.05, 0) is 67.3 Å². The topological polar surface area (TPSA) is 98.8 Å². The van der Waals surface area contributed by atoms with Crippen LogP contribution in [0.25, 0.3) is 0 Å². The Kier molecular flexibility index (Phi) is 8.62. The van der Waals surface area contributed by atoms with Crippen molar-refractivity contribution in [1.82, 2.24) is 10.2 Å². The van der Waals surface area contributed by atoms with Crippen molar-refractivity contribution in [2.75, 3.05) is 23.3 Å². The van der Waals surface area contributed by atoms with Gasteiger partial charge >= 0.3 is 0 Å². The lowest BCUT2D eigenvalue weighted by Crippen LogP contribution is -2.65. The monoisotopic (exact) mass is 544 g/mol. The third-order valence-corrected chi connectivity index (χ3v) is 7.25. The average Bonchev–Trinajstić information content (AvgIpc) is 2.94. The number of benzene rings is 3. The predicted octanol–water partition coefficient (Wildman–Crippen LogP) is 4.44. The molecule has 1 saturated heterocycles. The molecule has 40 heavy (non-hydrogen) atoms. The van der Waals surface area contributed by atoms with Gasteiger partial charge < -0.3 is 15.5 Å². The first-order chi connectivity index (χ1) is 19.1. The van der Waals surface area contributed by atoms with Gasteiger partial charge in [-0.1, -0.05) is 36.4 Å². The SMILES string of the molecule is CC(=O)Nc1ccc(C(=O)N(c2ccc(C)c(F)c2)C2(C(=O)NCc3ccccc3)CCN(C(C)=O)CC2)cc1. The van der Waals surface area contributed by atoms with Crippen LogP contribution in [-0.2, 0) is 20.9 Å². The molecule has 0 radical (unpaired) electrons. The number of carbonyl (C=O) groups is 4. The van der Waals surface area contributed by atoms with Crippen LogP contribution in [0, 0.1) is 12.7 Å². The summed E-state index contributed by atoms with van der Waals surface area (Å²) in [6.07, 6.45) is 0.330. The molecule has 4 amide bonds. The quantitative estimate of drug-likeness (QED) is 0.460. The minimum Gasteiger partial charge on any atom is -0.350 e. The summed E-state index contributed by atoms with van der Waals surface area (Å²) in [5.74, 6) is -1.75. The van der Waals surface area contributed by atoms with Crippen LogP contribution >= 0.6 is 0 Å². The largest absolute Gasteiger partial charge is 0.350 e. The van der Waals surface area contributed by atoms with Crippen LogP contribution in [0.4, 0.5) is 15.8 Å². The fourth-order valence-electron chi connectivity index (χ4n) is 4.99. The minimum absolute atomic E-state index is 0.119. The molecule has 1 aliphatic rings. The Morgan fingerprint density at radius 3 is 2.15 bits per heavy atom. The van der Waals surface area contributed by atoms with Gasteiger partial charge in [0.15, 0.2) is 0 Å². The zero-order valence-electron chi connectivity index (χ0n) is 22.9.